The van der Waals surface area contributed by atoms with Gasteiger partial charge in [-0.25, -0.2) is 4.68 Å². The van der Waals surface area contributed by atoms with E-state index in [2.05, 4.69) is 15.6 Å². The molecule has 142 valence electrons. The maximum absolute atomic E-state index is 12.7. The lowest BCUT2D eigenvalue weighted by molar-refractivity contribution is 0.0994. The molecule has 1 saturated carbocycles. The third kappa shape index (κ3) is 3.54. The first kappa shape index (κ1) is 17.6. The average Bonchev–Trinajstić information content (AvgIpc) is 3.40. The van der Waals surface area contributed by atoms with Crippen molar-refractivity contribution in [3.63, 3.8) is 0 Å². The third-order valence-electron chi connectivity index (χ3n) is 5.19. The summed E-state index contributed by atoms with van der Waals surface area (Å²) < 4.78 is 12.9. The van der Waals surface area contributed by atoms with Gasteiger partial charge in [0.25, 0.3) is 5.91 Å². The lowest BCUT2D eigenvalue weighted by Gasteiger charge is -2.14. The number of carbonyl (C=O) groups is 1. The van der Waals surface area contributed by atoms with Crippen molar-refractivity contribution in [3.8, 4) is 0 Å². The van der Waals surface area contributed by atoms with Crippen LogP contribution in [-0.2, 0) is 6.42 Å². The first-order chi connectivity index (χ1) is 13.0. The summed E-state index contributed by atoms with van der Waals surface area (Å²) in [6, 6.07) is 5.79. The average molecular weight is 368 g/mol. The highest BCUT2D eigenvalue weighted by Crippen LogP contribution is 2.32. The first-order valence-corrected chi connectivity index (χ1v) is 9.39. The van der Waals surface area contributed by atoms with Crippen LogP contribution < -0.4 is 5.32 Å². The Bertz CT molecular complexity index is 940. The van der Waals surface area contributed by atoms with E-state index in [-0.39, 0.29) is 11.7 Å². The smallest absolute Gasteiger partial charge is 0.292 e. The Balaban J connectivity index is 1.49. The van der Waals surface area contributed by atoms with Crippen molar-refractivity contribution >= 4 is 11.7 Å². The second-order valence-corrected chi connectivity index (χ2v) is 7.25. The second-order valence-electron chi connectivity index (χ2n) is 7.25. The minimum atomic E-state index is -0.265. The number of hydrogen-bond acceptors (Lipinski definition) is 5. The van der Waals surface area contributed by atoms with Crippen LogP contribution in [0, 0.1) is 20.8 Å². The molecule has 7 nitrogen and oxygen atoms in total. The molecule has 1 fully saturated rings. The third-order valence-corrected chi connectivity index (χ3v) is 5.19. The van der Waals surface area contributed by atoms with E-state index >= 15 is 0 Å². The molecule has 0 aliphatic heterocycles. The molecule has 1 aliphatic carbocycles. The SMILES string of the molecule is Cc1cc(NC(=O)c2ccc(Cc3c(C)noc3C)o2)n(C2CCCC2)n1. The number of nitrogens with zero attached hydrogens (tertiary/aromatic N) is 3. The summed E-state index contributed by atoms with van der Waals surface area (Å²) in [6.07, 6.45) is 5.17. The predicted octanol–water partition coefficient (Wildman–Crippen LogP) is 4.35. The van der Waals surface area contributed by atoms with Gasteiger partial charge in [0.1, 0.15) is 17.3 Å². The summed E-state index contributed by atoms with van der Waals surface area (Å²) in [5.41, 5.74) is 2.73. The zero-order valence-corrected chi connectivity index (χ0v) is 15.9. The zero-order valence-electron chi connectivity index (χ0n) is 15.9. The first-order valence-electron chi connectivity index (χ1n) is 9.39. The zero-order chi connectivity index (χ0) is 19.0. The molecule has 0 radical (unpaired) electrons. The minimum Gasteiger partial charge on any atom is -0.456 e. The molecule has 0 unspecified atom stereocenters. The fourth-order valence-electron chi connectivity index (χ4n) is 3.74. The van der Waals surface area contributed by atoms with Gasteiger partial charge in [-0.15, -0.1) is 0 Å². The topological polar surface area (TPSA) is 86.1 Å². The molecule has 0 spiro atoms. The van der Waals surface area contributed by atoms with E-state index in [1.54, 1.807) is 6.07 Å². The summed E-state index contributed by atoms with van der Waals surface area (Å²) in [5.74, 6) is 2.22. The molecule has 27 heavy (non-hydrogen) atoms. The Morgan fingerprint density at radius 3 is 2.74 bits per heavy atom. The van der Waals surface area contributed by atoms with Crippen molar-refractivity contribution in [3.05, 3.63) is 52.4 Å². The largest absolute Gasteiger partial charge is 0.456 e. The molecule has 0 aromatic carbocycles. The van der Waals surface area contributed by atoms with Crippen LogP contribution >= 0.6 is 0 Å². The van der Waals surface area contributed by atoms with Crippen LogP contribution in [0.5, 0.6) is 0 Å². The molecule has 1 aliphatic rings. The number of aryl methyl sites for hydroxylation is 3. The highest BCUT2D eigenvalue weighted by Gasteiger charge is 2.22. The second kappa shape index (κ2) is 7.06. The highest BCUT2D eigenvalue weighted by molar-refractivity contribution is 6.01. The fraction of sp³-hybridized carbons (Fsp3) is 0.450. The quantitative estimate of drug-likeness (QED) is 0.723. The summed E-state index contributed by atoms with van der Waals surface area (Å²) >= 11 is 0. The standard InChI is InChI=1S/C20H24N4O3/c1-12-10-19(24(22-12)15-6-4-5-7-15)21-20(25)18-9-8-16(26-18)11-17-13(2)23-27-14(17)3/h8-10,15H,4-7,11H2,1-3H3,(H,21,25). The van der Waals surface area contributed by atoms with Crippen LogP contribution in [-0.4, -0.2) is 20.8 Å². The number of anilines is 1. The molecule has 1 N–H and O–H groups in total. The number of amides is 1. The van der Waals surface area contributed by atoms with Gasteiger partial charge in [-0.1, -0.05) is 18.0 Å². The molecule has 0 saturated heterocycles. The van der Waals surface area contributed by atoms with E-state index in [0.29, 0.717) is 18.2 Å². The van der Waals surface area contributed by atoms with Gasteiger partial charge in [-0.3, -0.25) is 4.79 Å². The van der Waals surface area contributed by atoms with Gasteiger partial charge < -0.3 is 14.3 Å². The Kier molecular flexibility index (Phi) is 4.59. The fourth-order valence-corrected chi connectivity index (χ4v) is 3.74. The van der Waals surface area contributed by atoms with Gasteiger partial charge in [-0.2, -0.15) is 5.10 Å². The van der Waals surface area contributed by atoms with Gasteiger partial charge in [-0.05, 0) is 45.7 Å². The molecular weight excluding hydrogens is 344 g/mol. The van der Waals surface area contributed by atoms with Crippen molar-refractivity contribution in [2.75, 3.05) is 5.32 Å². The Labute approximate surface area is 157 Å². The number of hydrogen-bond donors (Lipinski definition) is 1. The summed E-state index contributed by atoms with van der Waals surface area (Å²) in [6.45, 7) is 5.71. The van der Waals surface area contributed by atoms with E-state index in [1.165, 1.54) is 12.8 Å². The summed E-state index contributed by atoms with van der Waals surface area (Å²) in [7, 11) is 0. The van der Waals surface area contributed by atoms with Crippen molar-refractivity contribution in [2.45, 2.75) is 58.9 Å². The Hall–Kier alpha value is -2.83. The van der Waals surface area contributed by atoms with Crippen LogP contribution in [0.3, 0.4) is 0 Å². The van der Waals surface area contributed by atoms with Gasteiger partial charge in [0.15, 0.2) is 5.76 Å². The van der Waals surface area contributed by atoms with Crippen LogP contribution in [0.25, 0.3) is 0 Å². The van der Waals surface area contributed by atoms with Gasteiger partial charge >= 0.3 is 0 Å². The molecule has 1 amide bonds. The number of aromatic nitrogens is 3. The van der Waals surface area contributed by atoms with E-state index in [9.17, 15) is 4.79 Å². The van der Waals surface area contributed by atoms with E-state index < -0.39 is 0 Å². The molecule has 4 rings (SSSR count). The number of furan rings is 1. The van der Waals surface area contributed by atoms with Crippen LogP contribution in [0.1, 0.15) is 70.8 Å². The molecule has 7 heteroatoms. The van der Waals surface area contributed by atoms with Gasteiger partial charge in [0.05, 0.1) is 17.4 Å². The van der Waals surface area contributed by atoms with Crippen molar-refractivity contribution < 1.29 is 13.7 Å². The van der Waals surface area contributed by atoms with E-state index in [0.717, 1.165) is 41.4 Å². The summed E-state index contributed by atoms with van der Waals surface area (Å²) in [4.78, 5) is 12.7. The number of carbonyl (C=O) groups excluding carboxylic acids is 1. The Morgan fingerprint density at radius 2 is 2.04 bits per heavy atom. The predicted molar refractivity (Wildman–Crippen MR) is 99.9 cm³/mol. The minimum absolute atomic E-state index is 0.265. The molecule has 0 bridgehead atoms. The number of rotatable bonds is 5. The maximum Gasteiger partial charge on any atom is 0.292 e. The normalized spacial score (nSPS) is 14.8. The molecule has 3 aromatic rings. The van der Waals surface area contributed by atoms with Crippen LogP contribution in [0.15, 0.2) is 27.1 Å². The molecule has 0 atom stereocenters. The van der Waals surface area contributed by atoms with E-state index in [1.807, 2.05) is 37.6 Å². The van der Waals surface area contributed by atoms with Gasteiger partial charge in [0.2, 0.25) is 0 Å². The highest BCUT2D eigenvalue weighted by atomic mass is 16.5. The Morgan fingerprint density at radius 1 is 1.26 bits per heavy atom. The van der Waals surface area contributed by atoms with Crippen LogP contribution in [0.2, 0.25) is 0 Å². The monoisotopic (exact) mass is 368 g/mol. The van der Waals surface area contributed by atoms with Crippen molar-refractivity contribution in [1.82, 2.24) is 14.9 Å². The lowest BCUT2D eigenvalue weighted by atomic mass is 10.1. The molecule has 3 heterocycles. The number of nitrogens with one attached hydrogen (secondary N) is 1. The molecular formula is C20H24N4O3. The van der Waals surface area contributed by atoms with Crippen LogP contribution in [0.4, 0.5) is 5.82 Å². The molecule has 3 aromatic heterocycles. The van der Waals surface area contributed by atoms with E-state index in [4.69, 9.17) is 8.94 Å². The summed E-state index contributed by atoms with van der Waals surface area (Å²) in [5, 5.41) is 11.5. The van der Waals surface area contributed by atoms with Gasteiger partial charge in [0, 0.05) is 18.1 Å². The van der Waals surface area contributed by atoms with Crippen molar-refractivity contribution in [1.29, 1.82) is 0 Å². The maximum atomic E-state index is 12.7. The van der Waals surface area contributed by atoms with Crippen molar-refractivity contribution in [2.24, 2.45) is 0 Å². The lowest BCUT2D eigenvalue weighted by Crippen LogP contribution is -2.17.